The molecule has 0 spiro atoms. The van der Waals surface area contributed by atoms with Gasteiger partial charge in [0.2, 0.25) is 5.91 Å². The van der Waals surface area contributed by atoms with E-state index in [2.05, 4.69) is 15.3 Å². The molecule has 0 N–H and O–H groups in total. The maximum absolute atomic E-state index is 13.4. The summed E-state index contributed by atoms with van der Waals surface area (Å²) in [6.07, 6.45) is 4.02. The molecular weight excluding hydrogens is 320 g/mol. The fourth-order valence-electron chi connectivity index (χ4n) is 3.78. The molecule has 0 bridgehead atoms. The van der Waals surface area contributed by atoms with Gasteiger partial charge >= 0.3 is 0 Å². The molecule has 2 atom stereocenters. The zero-order valence-electron chi connectivity index (χ0n) is 13.9. The highest BCUT2D eigenvalue weighted by Gasteiger charge is 2.36. The van der Waals surface area contributed by atoms with E-state index in [1.165, 1.54) is 0 Å². The third kappa shape index (κ3) is 2.81. The smallest absolute Gasteiger partial charge is 0.230 e. The number of piperidine rings is 1. The third-order valence-electron chi connectivity index (χ3n) is 4.96. The molecule has 0 saturated carbocycles. The van der Waals surface area contributed by atoms with Crippen LogP contribution in [-0.2, 0) is 4.79 Å². The molecule has 2 aliphatic rings. The van der Waals surface area contributed by atoms with Crippen LogP contribution in [-0.4, -0.2) is 28.9 Å². The molecule has 2 aliphatic heterocycles. The highest BCUT2D eigenvalue weighted by atomic mass is 32.1. The molecule has 5 heteroatoms. The lowest BCUT2D eigenvalue weighted by atomic mass is 9.90. The number of fused-ring (bicyclic) bond motifs is 1. The number of carbonyl (C=O) groups excluding carboxylic acids is 1. The Bertz CT molecular complexity index is 742. The van der Waals surface area contributed by atoms with Crippen LogP contribution < -0.4 is 4.74 Å². The summed E-state index contributed by atoms with van der Waals surface area (Å²) in [5.41, 5.74) is 2.08. The molecule has 1 aromatic carbocycles. The van der Waals surface area contributed by atoms with Gasteiger partial charge < -0.3 is 9.64 Å². The molecule has 1 aromatic heterocycles. The number of ether oxygens (including phenoxy) is 1. The number of para-hydroxylation sites is 1. The quantitative estimate of drug-likeness (QED) is 0.826. The molecule has 4 rings (SSSR count). The van der Waals surface area contributed by atoms with E-state index in [1.807, 2.05) is 31.2 Å². The molecule has 4 nitrogen and oxygen atoms in total. The van der Waals surface area contributed by atoms with Gasteiger partial charge in [0.1, 0.15) is 10.8 Å². The average molecular weight is 342 g/mol. The fourth-order valence-corrected chi connectivity index (χ4v) is 4.72. The maximum Gasteiger partial charge on any atom is 0.230 e. The van der Waals surface area contributed by atoms with Crippen molar-refractivity contribution in [3.05, 3.63) is 45.9 Å². The number of likely N-dealkylation sites (tertiary alicyclic amines) is 1. The first-order valence-electron chi connectivity index (χ1n) is 8.68. The van der Waals surface area contributed by atoms with E-state index in [1.54, 1.807) is 11.3 Å². The van der Waals surface area contributed by atoms with Crippen molar-refractivity contribution >= 4 is 17.2 Å². The van der Waals surface area contributed by atoms with Gasteiger partial charge in [0.25, 0.3) is 0 Å². The van der Waals surface area contributed by atoms with Crippen LogP contribution in [0.25, 0.3) is 0 Å². The molecule has 24 heavy (non-hydrogen) atoms. The molecule has 0 radical (unpaired) electrons. The number of nitrogens with zero attached hydrogens (tertiary/aromatic N) is 2. The number of aryl methyl sites for hydroxylation is 1. The summed E-state index contributed by atoms with van der Waals surface area (Å²) in [4.78, 5) is 20.1. The number of hydrogen-bond donors (Lipinski definition) is 0. The van der Waals surface area contributed by atoms with Gasteiger partial charge in [-0.3, -0.25) is 4.79 Å². The SMILES string of the molecule is Cc1csc([C@@H]2CCCCN2C(=O)[C@@H]2CCOc3ccccc32)n1. The Morgan fingerprint density at radius 3 is 3.00 bits per heavy atom. The van der Waals surface area contributed by atoms with Crippen molar-refractivity contribution in [3.8, 4) is 5.75 Å². The van der Waals surface area contributed by atoms with Crippen LogP contribution >= 0.6 is 11.3 Å². The minimum atomic E-state index is -0.0865. The summed E-state index contributed by atoms with van der Waals surface area (Å²) < 4.78 is 5.72. The van der Waals surface area contributed by atoms with Crippen LogP contribution in [0.15, 0.2) is 29.6 Å². The van der Waals surface area contributed by atoms with Gasteiger partial charge in [0, 0.05) is 23.2 Å². The van der Waals surface area contributed by atoms with Crippen LogP contribution in [0.5, 0.6) is 5.75 Å². The van der Waals surface area contributed by atoms with E-state index in [0.29, 0.717) is 6.61 Å². The summed E-state index contributed by atoms with van der Waals surface area (Å²) in [6.45, 7) is 3.47. The first kappa shape index (κ1) is 15.6. The van der Waals surface area contributed by atoms with Crippen molar-refractivity contribution in [3.63, 3.8) is 0 Å². The van der Waals surface area contributed by atoms with E-state index in [0.717, 1.165) is 54.2 Å². The number of benzene rings is 1. The number of carbonyl (C=O) groups is 1. The lowest BCUT2D eigenvalue weighted by Gasteiger charge is -2.38. The Labute approximate surface area is 146 Å². The zero-order valence-corrected chi connectivity index (χ0v) is 14.7. The summed E-state index contributed by atoms with van der Waals surface area (Å²) >= 11 is 1.68. The second-order valence-electron chi connectivity index (χ2n) is 6.60. The van der Waals surface area contributed by atoms with Gasteiger partial charge in [-0.15, -0.1) is 11.3 Å². The van der Waals surface area contributed by atoms with Crippen molar-refractivity contribution in [1.29, 1.82) is 0 Å². The molecule has 3 heterocycles. The lowest BCUT2D eigenvalue weighted by Crippen LogP contribution is -2.42. The Kier molecular flexibility index (Phi) is 4.27. The molecule has 1 fully saturated rings. The first-order valence-corrected chi connectivity index (χ1v) is 9.56. The van der Waals surface area contributed by atoms with Crippen LogP contribution in [0, 0.1) is 6.92 Å². The van der Waals surface area contributed by atoms with Crippen molar-refractivity contribution in [2.45, 2.75) is 44.6 Å². The van der Waals surface area contributed by atoms with Crippen molar-refractivity contribution in [2.24, 2.45) is 0 Å². The standard InChI is InChI=1S/C19H22N2O2S/c1-13-12-24-18(20-13)16-7-4-5-10-21(16)19(22)15-9-11-23-17-8-3-2-6-14(15)17/h2-3,6,8,12,15-16H,4-5,7,9-11H2,1H3/t15-,16+/m1/s1. The molecule has 1 saturated heterocycles. The molecule has 1 amide bonds. The average Bonchev–Trinajstić information content (AvgIpc) is 3.07. The molecular formula is C19H22N2O2S. The number of amides is 1. The normalized spacial score (nSPS) is 23.5. The largest absolute Gasteiger partial charge is 0.493 e. The van der Waals surface area contributed by atoms with Crippen LogP contribution in [0.1, 0.15) is 53.9 Å². The van der Waals surface area contributed by atoms with Gasteiger partial charge in [-0.1, -0.05) is 18.2 Å². The second kappa shape index (κ2) is 6.55. The summed E-state index contributed by atoms with van der Waals surface area (Å²) in [6, 6.07) is 8.09. The molecule has 0 aliphatic carbocycles. The minimum absolute atomic E-state index is 0.0865. The number of hydrogen-bond acceptors (Lipinski definition) is 4. The van der Waals surface area contributed by atoms with E-state index < -0.39 is 0 Å². The number of rotatable bonds is 2. The van der Waals surface area contributed by atoms with Crippen molar-refractivity contribution < 1.29 is 9.53 Å². The topological polar surface area (TPSA) is 42.4 Å². The van der Waals surface area contributed by atoms with Gasteiger partial charge in [-0.25, -0.2) is 4.98 Å². The first-order chi connectivity index (χ1) is 11.7. The van der Waals surface area contributed by atoms with Crippen LogP contribution in [0.4, 0.5) is 0 Å². The fraction of sp³-hybridized carbons (Fsp3) is 0.474. The van der Waals surface area contributed by atoms with Crippen LogP contribution in [0.2, 0.25) is 0 Å². The molecule has 126 valence electrons. The highest BCUT2D eigenvalue weighted by Crippen LogP contribution is 2.39. The van der Waals surface area contributed by atoms with Crippen molar-refractivity contribution in [1.82, 2.24) is 9.88 Å². The molecule has 2 aromatic rings. The summed E-state index contributed by atoms with van der Waals surface area (Å²) in [5, 5.41) is 3.16. The predicted octanol–water partition coefficient (Wildman–Crippen LogP) is 4.07. The van der Waals surface area contributed by atoms with Gasteiger partial charge in [0.05, 0.1) is 18.6 Å². The summed E-state index contributed by atoms with van der Waals surface area (Å²) in [7, 11) is 0. The second-order valence-corrected chi connectivity index (χ2v) is 7.49. The third-order valence-corrected chi connectivity index (χ3v) is 6.03. The highest BCUT2D eigenvalue weighted by molar-refractivity contribution is 7.09. The monoisotopic (exact) mass is 342 g/mol. The van der Waals surface area contributed by atoms with Gasteiger partial charge in [0.15, 0.2) is 0 Å². The zero-order chi connectivity index (χ0) is 16.5. The summed E-state index contributed by atoms with van der Waals surface area (Å²) in [5.74, 6) is 1.01. The lowest BCUT2D eigenvalue weighted by molar-refractivity contribution is -0.137. The van der Waals surface area contributed by atoms with E-state index in [-0.39, 0.29) is 17.9 Å². The Balaban J connectivity index is 1.63. The van der Waals surface area contributed by atoms with Crippen LogP contribution in [0.3, 0.4) is 0 Å². The van der Waals surface area contributed by atoms with E-state index >= 15 is 0 Å². The number of aromatic nitrogens is 1. The Morgan fingerprint density at radius 1 is 1.29 bits per heavy atom. The minimum Gasteiger partial charge on any atom is -0.493 e. The predicted molar refractivity (Wildman–Crippen MR) is 94.5 cm³/mol. The van der Waals surface area contributed by atoms with E-state index in [4.69, 9.17) is 4.74 Å². The van der Waals surface area contributed by atoms with Gasteiger partial charge in [-0.2, -0.15) is 0 Å². The Morgan fingerprint density at radius 2 is 2.17 bits per heavy atom. The Hall–Kier alpha value is -1.88. The van der Waals surface area contributed by atoms with E-state index in [9.17, 15) is 4.79 Å². The molecule has 0 unspecified atom stereocenters. The van der Waals surface area contributed by atoms with Gasteiger partial charge in [-0.05, 0) is 38.7 Å². The maximum atomic E-state index is 13.4. The van der Waals surface area contributed by atoms with Crippen molar-refractivity contribution in [2.75, 3.05) is 13.2 Å². The number of thiazole rings is 1.